The zero-order valence-electron chi connectivity index (χ0n) is 15.3. The summed E-state index contributed by atoms with van der Waals surface area (Å²) in [4.78, 5) is 20.7. The Labute approximate surface area is 163 Å². The van der Waals surface area contributed by atoms with Gasteiger partial charge < -0.3 is 10.6 Å². The summed E-state index contributed by atoms with van der Waals surface area (Å²) >= 11 is 5.96. The topological polar surface area (TPSA) is 66.9 Å². The van der Waals surface area contributed by atoms with E-state index >= 15 is 0 Å². The van der Waals surface area contributed by atoms with Gasteiger partial charge in [-0.2, -0.15) is 0 Å². The quantitative estimate of drug-likeness (QED) is 0.662. The number of nitrogens with one attached hydrogen (secondary N) is 2. The summed E-state index contributed by atoms with van der Waals surface area (Å²) in [6.07, 6.45) is 3.74. The summed E-state index contributed by atoms with van der Waals surface area (Å²) in [5.74, 6) is 0.349. The fourth-order valence-electron chi connectivity index (χ4n) is 2.62. The van der Waals surface area contributed by atoms with Crippen LogP contribution in [-0.4, -0.2) is 22.4 Å². The molecule has 1 amide bonds. The Morgan fingerprint density at radius 1 is 1.07 bits per heavy atom. The molecular formula is C21H21ClN4O. The fourth-order valence-corrected chi connectivity index (χ4v) is 2.83. The molecule has 1 aromatic heterocycles. The number of hydrogen-bond donors (Lipinski definition) is 2. The first-order valence-electron chi connectivity index (χ1n) is 8.70. The van der Waals surface area contributed by atoms with Crippen molar-refractivity contribution in [2.45, 2.75) is 20.3 Å². The predicted molar refractivity (Wildman–Crippen MR) is 109 cm³/mol. The van der Waals surface area contributed by atoms with Gasteiger partial charge in [0.15, 0.2) is 0 Å². The minimum absolute atomic E-state index is 0.247. The van der Waals surface area contributed by atoms with Crippen molar-refractivity contribution >= 4 is 29.0 Å². The average molecular weight is 381 g/mol. The van der Waals surface area contributed by atoms with E-state index in [4.69, 9.17) is 11.6 Å². The molecular weight excluding hydrogens is 360 g/mol. The van der Waals surface area contributed by atoms with Gasteiger partial charge >= 0.3 is 0 Å². The van der Waals surface area contributed by atoms with Gasteiger partial charge in [0.25, 0.3) is 5.91 Å². The molecule has 2 N–H and O–H groups in total. The third kappa shape index (κ3) is 5.28. The molecule has 138 valence electrons. The van der Waals surface area contributed by atoms with Crippen molar-refractivity contribution < 1.29 is 4.79 Å². The smallest absolute Gasteiger partial charge is 0.271 e. The van der Waals surface area contributed by atoms with Crippen molar-refractivity contribution in [1.82, 2.24) is 15.3 Å². The minimum atomic E-state index is -0.247. The molecule has 0 unspecified atom stereocenters. The molecule has 0 bridgehead atoms. The number of hydrogen-bond acceptors (Lipinski definition) is 4. The lowest BCUT2D eigenvalue weighted by molar-refractivity contribution is 0.0949. The van der Waals surface area contributed by atoms with E-state index in [1.807, 2.05) is 50.2 Å². The lowest BCUT2D eigenvalue weighted by Crippen LogP contribution is -2.26. The van der Waals surface area contributed by atoms with E-state index in [1.165, 1.54) is 6.20 Å². The summed E-state index contributed by atoms with van der Waals surface area (Å²) < 4.78 is 0. The highest BCUT2D eigenvalue weighted by Crippen LogP contribution is 2.20. The van der Waals surface area contributed by atoms with Crippen molar-refractivity contribution in [1.29, 1.82) is 0 Å². The lowest BCUT2D eigenvalue weighted by atomic mass is 10.1. The largest absolute Gasteiger partial charge is 0.350 e. The molecule has 0 saturated carbocycles. The van der Waals surface area contributed by atoms with Gasteiger partial charge in [-0.15, -0.1) is 0 Å². The van der Waals surface area contributed by atoms with Crippen LogP contribution in [0.15, 0.2) is 54.9 Å². The van der Waals surface area contributed by atoms with E-state index in [0.717, 1.165) is 22.4 Å². The van der Waals surface area contributed by atoms with Crippen molar-refractivity contribution in [2.75, 3.05) is 11.9 Å². The van der Waals surface area contributed by atoms with Crippen molar-refractivity contribution in [3.63, 3.8) is 0 Å². The van der Waals surface area contributed by atoms with Crippen molar-refractivity contribution in [3.05, 3.63) is 82.3 Å². The van der Waals surface area contributed by atoms with E-state index in [1.54, 1.807) is 6.20 Å². The van der Waals surface area contributed by atoms with Gasteiger partial charge in [0, 0.05) is 17.3 Å². The number of nitrogens with zero attached hydrogens (tertiary/aromatic N) is 2. The molecule has 3 rings (SSSR count). The summed E-state index contributed by atoms with van der Waals surface area (Å²) in [5.41, 5.74) is 4.61. The first-order valence-corrected chi connectivity index (χ1v) is 9.08. The first kappa shape index (κ1) is 18.9. The number of carbonyl (C=O) groups excluding carboxylic acids is 1. The average Bonchev–Trinajstić information content (AvgIpc) is 2.65. The van der Waals surface area contributed by atoms with Gasteiger partial charge in [0.05, 0.1) is 12.4 Å². The SMILES string of the molecule is Cc1ccc(C)c(Nc2cnc(C(=O)NCCc3cccc(Cl)c3)cn2)c1. The van der Waals surface area contributed by atoms with Gasteiger partial charge in [0.1, 0.15) is 11.5 Å². The van der Waals surface area contributed by atoms with Crippen molar-refractivity contribution in [2.24, 2.45) is 0 Å². The summed E-state index contributed by atoms with van der Waals surface area (Å²) in [6, 6.07) is 13.7. The second kappa shape index (κ2) is 8.64. The normalized spacial score (nSPS) is 10.5. The molecule has 0 aliphatic heterocycles. The highest BCUT2D eigenvalue weighted by atomic mass is 35.5. The number of rotatable bonds is 6. The molecule has 0 spiro atoms. The van der Waals surface area contributed by atoms with E-state index in [9.17, 15) is 4.79 Å². The lowest BCUT2D eigenvalue weighted by Gasteiger charge is -2.10. The molecule has 0 aliphatic carbocycles. The van der Waals surface area contributed by atoms with Crippen LogP contribution >= 0.6 is 11.6 Å². The summed E-state index contributed by atoms with van der Waals surface area (Å²) in [7, 11) is 0. The zero-order valence-corrected chi connectivity index (χ0v) is 16.0. The maximum absolute atomic E-state index is 12.2. The van der Waals surface area contributed by atoms with Crippen LogP contribution in [0.2, 0.25) is 5.02 Å². The molecule has 0 radical (unpaired) electrons. The van der Waals surface area contributed by atoms with Gasteiger partial charge in [-0.3, -0.25) is 4.79 Å². The maximum atomic E-state index is 12.2. The van der Waals surface area contributed by atoms with E-state index in [0.29, 0.717) is 23.8 Å². The van der Waals surface area contributed by atoms with Crippen LogP contribution in [0, 0.1) is 13.8 Å². The third-order valence-electron chi connectivity index (χ3n) is 4.13. The standard InChI is InChI=1S/C21H21ClN4O/c1-14-6-7-15(2)18(10-14)26-20-13-24-19(12-25-20)21(27)23-9-8-16-4-3-5-17(22)11-16/h3-7,10-13H,8-9H2,1-2H3,(H,23,27)(H,25,26). The van der Waals surface area contributed by atoms with Crippen LogP contribution in [-0.2, 0) is 6.42 Å². The first-order chi connectivity index (χ1) is 13.0. The van der Waals surface area contributed by atoms with Crippen LogP contribution in [0.3, 0.4) is 0 Å². The Bertz CT molecular complexity index is 941. The van der Waals surface area contributed by atoms with Gasteiger partial charge in [0.2, 0.25) is 0 Å². The Kier molecular flexibility index (Phi) is 6.04. The number of aromatic nitrogens is 2. The molecule has 1 heterocycles. The third-order valence-corrected chi connectivity index (χ3v) is 4.36. The number of carbonyl (C=O) groups is 1. The fraction of sp³-hybridized carbons (Fsp3) is 0.190. The second-order valence-electron chi connectivity index (χ2n) is 6.37. The van der Waals surface area contributed by atoms with Crippen molar-refractivity contribution in [3.8, 4) is 0 Å². The Hall–Kier alpha value is -2.92. The summed E-state index contributed by atoms with van der Waals surface area (Å²) in [6.45, 7) is 4.56. The Morgan fingerprint density at radius 2 is 1.93 bits per heavy atom. The van der Waals surface area contributed by atoms with Crippen LogP contribution in [0.25, 0.3) is 0 Å². The molecule has 5 nitrogen and oxygen atoms in total. The van der Waals surface area contributed by atoms with Crippen LogP contribution < -0.4 is 10.6 Å². The Morgan fingerprint density at radius 3 is 2.67 bits per heavy atom. The molecule has 27 heavy (non-hydrogen) atoms. The molecule has 3 aromatic rings. The van der Waals surface area contributed by atoms with Crippen LogP contribution in [0.4, 0.5) is 11.5 Å². The number of amides is 1. The number of halogens is 1. The van der Waals surface area contributed by atoms with Gasteiger partial charge in [-0.05, 0) is 55.2 Å². The Balaban J connectivity index is 1.56. The maximum Gasteiger partial charge on any atom is 0.271 e. The monoisotopic (exact) mass is 380 g/mol. The van der Waals surface area contributed by atoms with Crippen LogP contribution in [0.5, 0.6) is 0 Å². The molecule has 0 fully saturated rings. The highest BCUT2D eigenvalue weighted by molar-refractivity contribution is 6.30. The van der Waals surface area contributed by atoms with Crippen LogP contribution in [0.1, 0.15) is 27.2 Å². The predicted octanol–water partition coefficient (Wildman–Crippen LogP) is 4.46. The molecule has 0 atom stereocenters. The van der Waals surface area contributed by atoms with E-state index < -0.39 is 0 Å². The van der Waals surface area contributed by atoms with Gasteiger partial charge in [-0.1, -0.05) is 35.9 Å². The summed E-state index contributed by atoms with van der Waals surface area (Å²) in [5, 5.41) is 6.77. The molecule has 6 heteroatoms. The van der Waals surface area contributed by atoms with E-state index in [2.05, 4.69) is 26.7 Å². The molecule has 0 aliphatic rings. The van der Waals surface area contributed by atoms with Gasteiger partial charge in [-0.25, -0.2) is 9.97 Å². The minimum Gasteiger partial charge on any atom is -0.350 e. The number of aryl methyl sites for hydroxylation is 2. The number of benzene rings is 2. The molecule has 0 saturated heterocycles. The number of anilines is 2. The molecule has 2 aromatic carbocycles. The highest BCUT2D eigenvalue weighted by Gasteiger charge is 2.08. The second-order valence-corrected chi connectivity index (χ2v) is 6.80. The zero-order chi connectivity index (χ0) is 19.2. The van der Waals surface area contributed by atoms with E-state index in [-0.39, 0.29) is 11.6 Å².